The molecule has 1 saturated carbocycles. The summed E-state index contributed by atoms with van der Waals surface area (Å²) >= 11 is 0. The maximum atomic E-state index is 12.4. The molecule has 1 N–H and O–H groups in total. The molecular weight excluding hydrogens is 238 g/mol. The molecule has 1 aliphatic carbocycles. The van der Waals surface area contributed by atoms with Crippen molar-refractivity contribution in [1.82, 2.24) is 5.32 Å². The lowest BCUT2D eigenvalue weighted by molar-refractivity contribution is 0.0927. The zero-order valence-electron chi connectivity index (χ0n) is 11.2. The number of carbonyl (C=O) groups excluding carboxylic acids is 1. The molecule has 1 fully saturated rings. The summed E-state index contributed by atoms with van der Waals surface area (Å²) < 4.78 is 5.65. The van der Waals surface area contributed by atoms with Crippen molar-refractivity contribution in [2.24, 2.45) is 0 Å². The Morgan fingerprint density at radius 1 is 1.21 bits per heavy atom. The number of fused-ring (bicyclic) bond motifs is 1. The van der Waals surface area contributed by atoms with E-state index < -0.39 is 0 Å². The molecule has 1 heterocycles. The number of para-hydroxylation sites is 1. The highest BCUT2D eigenvalue weighted by atomic mass is 16.3. The van der Waals surface area contributed by atoms with E-state index in [1.165, 1.54) is 19.3 Å². The Hall–Kier alpha value is -1.77. The summed E-state index contributed by atoms with van der Waals surface area (Å²) in [6.07, 6.45) is 5.92. The molecule has 0 radical (unpaired) electrons. The zero-order valence-corrected chi connectivity index (χ0v) is 11.2. The maximum Gasteiger partial charge on any atom is 0.255 e. The molecule has 3 heteroatoms. The van der Waals surface area contributed by atoms with Gasteiger partial charge in [0.1, 0.15) is 11.3 Å². The number of benzene rings is 1. The molecule has 1 aliphatic rings. The minimum absolute atomic E-state index is 0.00866. The Balaban J connectivity index is 1.86. The average Bonchev–Trinajstić information content (AvgIpc) is 2.75. The first-order chi connectivity index (χ1) is 9.25. The lowest BCUT2D eigenvalue weighted by Crippen LogP contribution is -2.36. The van der Waals surface area contributed by atoms with Gasteiger partial charge in [0.05, 0.1) is 5.56 Å². The van der Waals surface area contributed by atoms with E-state index in [2.05, 4.69) is 5.32 Å². The fourth-order valence-electron chi connectivity index (χ4n) is 2.95. The molecule has 1 aromatic heterocycles. The summed E-state index contributed by atoms with van der Waals surface area (Å²) in [4.78, 5) is 12.4. The summed E-state index contributed by atoms with van der Waals surface area (Å²) in [6.45, 7) is 1.86. The summed E-state index contributed by atoms with van der Waals surface area (Å²) in [5, 5.41) is 4.07. The van der Waals surface area contributed by atoms with Gasteiger partial charge in [-0.05, 0) is 25.8 Å². The van der Waals surface area contributed by atoms with E-state index in [-0.39, 0.29) is 5.91 Å². The van der Waals surface area contributed by atoms with Crippen molar-refractivity contribution in [2.75, 3.05) is 0 Å². The zero-order chi connectivity index (χ0) is 13.2. The molecule has 0 unspecified atom stereocenters. The number of rotatable bonds is 2. The second-order valence-electron chi connectivity index (χ2n) is 5.34. The Morgan fingerprint density at radius 3 is 2.74 bits per heavy atom. The van der Waals surface area contributed by atoms with Crippen LogP contribution in [0.25, 0.3) is 11.0 Å². The predicted molar refractivity (Wildman–Crippen MR) is 75.3 cm³/mol. The van der Waals surface area contributed by atoms with E-state index in [0.29, 0.717) is 17.4 Å². The summed E-state index contributed by atoms with van der Waals surface area (Å²) in [7, 11) is 0. The van der Waals surface area contributed by atoms with Gasteiger partial charge in [0.15, 0.2) is 0 Å². The fourth-order valence-corrected chi connectivity index (χ4v) is 2.95. The second-order valence-corrected chi connectivity index (χ2v) is 5.34. The number of hydrogen-bond acceptors (Lipinski definition) is 2. The Bertz CT molecular complexity index is 594. The number of aryl methyl sites for hydroxylation is 1. The van der Waals surface area contributed by atoms with Gasteiger partial charge in [-0.3, -0.25) is 4.79 Å². The van der Waals surface area contributed by atoms with E-state index in [9.17, 15) is 4.79 Å². The van der Waals surface area contributed by atoms with Crippen molar-refractivity contribution >= 4 is 16.9 Å². The van der Waals surface area contributed by atoms with Gasteiger partial charge in [-0.15, -0.1) is 0 Å². The van der Waals surface area contributed by atoms with Gasteiger partial charge in [-0.2, -0.15) is 0 Å². The molecule has 1 aromatic carbocycles. The smallest absolute Gasteiger partial charge is 0.255 e. The Labute approximate surface area is 113 Å². The summed E-state index contributed by atoms with van der Waals surface area (Å²) in [6, 6.07) is 8.04. The highest BCUT2D eigenvalue weighted by molar-refractivity contribution is 6.07. The SMILES string of the molecule is Cc1oc2ccccc2c1C(=O)NC1CCCCC1. The van der Waals surface area contributed by atoms with Gasteiger partial charge >= 0.3 is 0 Å². The van der Waals surface area contributed by atoms with Crippen LogP contribution in [0.15, 0.2) is 28.7 Å². The maximum absolute atomic E-state index is 12.4. The lowest BCUT2D eigenvalue weighted by atomic mass is 9.95. The van der Waals surface area contributed by atoms with Crippen molar-refractivity contribution in [3.63, 3.8) is 0 Å². The third-order valence-corrected chi connectivity index (χ3v) is 3.94. The largest absolute Gasteiger partial charge is 0.461 e. The lowest BCUT2D eigenvalue weighted by Gasteiger charge is -2.22. The molecule has 3 nitrogen and oxygen atoms in total. The van der Waals surface area contributed by atoms with Crippen molar-refractivity contribution in [3.8, 4) is 0 Å². The van der Waals surface area contributed by atoms with E-state index in [1.54, 1.807) is 0 Å². The van der Waals surface area contributed by atoms with Crippen molar-refractivity contribution < 1.29 is 9.21 Å². The van der Waals surface area contributed by atoms with Gasteiger partial charge in [0, 0.05) is 11.4 Å². The summed E-state index contributed by atoms with van der Waals surface area (Å²) in [5.41, 5.74) is 1.48. The molecule has 1 amide bonds. The first-order valence-electron chi connectivity index (χ1n) is 7.04. The van der Waals surface area contributed by atoms with Gasteiger partial charge in [0.25, 0.3) is 5.91 Å². The molecule has 0 bridgehead atoms. The number of nitrogens with one attached hydrogen (secondary N) is 1. The highest BCUT2D eigenvalue weighted by Gasteiger charge is 2.21. The van der Waals surface area contributed by atoms with Gasteiger partial charge < -0.3 is 9.73 Å². The Kier molecular flexibility index (Phi) is 3.28. The average molecular weight is 257 g/mol. The van der Waals surface area contributed by atoms with Gasteiger partial charge in [-0.25, -0.2) is 0 Å². The number of furan rings is 1. The molecule has 0 saturated heterocycles. The third-order valence-electron chi connectivity index (χ3n) is 3.94. The third kappa shape index (κ3) is 2.37. The first kappa shape index (κ1) is 12.3. The molecule has 0 aliphatic heterocycles. The number of carbonyl (C=O) groups is 1. The highest BCUT2D eigenvalue weighted by Crippen LogP contribution is 2.26. The van der Waals surface area contributed by atoms with E-state index >= 15 is 0 Å². The Morgan fingerprint density at radius 2 is 1.95 bits per heavy atom. The van der Waals surface area contributed by atoms with Crippen LogP contribution in [0, 0.1) is 6.92 Å². The molecule has 0 atom stereocenters. The minimum atomic E-state index is 0.00866. The number of amides is 1. The van der Waals surface area contributed by atoms with Crippen LogP contribution in [-0.2, 0) is 0 Å². The van der Waals surface area contributed by atoms with Crippen LogP contribution in [0.1, 0.15) is 48.2 Å². The van der Waals surface area contributed by atoms with Gasteiger partial charge in [-0.1, -0.05) is 37.5 Å². The van der Waals surface area contributed by atoms with Crippen LogP contribution >= 0.6 is 0 Å². The second kappa shape index (κ2) is 5.08. The van der Waals surface area contributed by atoms with Crippen LogP contribution < -0.4 is 5.32 Å². The molecule has 19 heavy (non-hydrogen) atoms. The molecular formula is C16H19NO2. The molecule has 3 rings (SSSR count). The van der Waals surface area contributed by atoms with Crippen LogP contribution in [-0.4, -0.2) is 11.9 Å². The quantitative estimate of drug-likeness (QED) is 0.889. The predicted octanol–water partition coefficient (Wildman–Crippen LogP) is 3.80. The molecule has 2 aromatic rings. The first-order valence-corrected chi connectivity index (χ1v) is 7.04. The standard InChI is InChI=1S/C16H19NO2/c1-11-15(13-9-5-6-10-14(13)19-11)16(18)17-12-7-3-2-4-8-12/h5-6,9-10,12H,2-4,7-8H2,1H3,(H,17,18). The summed E-state index contributed by atoms with van der Waals surface area (Å²) in [5.74, 6) is 0.712. The topological polar surface area (TPSA) is 42.2 Å². The van der Waals surface area contributed by atoms with E-state index in [1.807, 2.05) is 31.2 Å². The fraction of sp³-hybridized carbons (Fsp3) is 0.438. The number of hydrogen-bond donors (Lipinski definition) is 1. The van der Waals surface area contributed by atoms with Crippen LogP contribution in [0.5, 0.6) is 0 Å². The van der Waals surface area contributed by atoms with Crippen molar-refractivity contribution in [1.29, 1.82) is 0 Å². The van der Waals surface area contributed by atoms with Crippen LogP contribution in [0.3, 0.4) is 0 Å². The van der Waals surface area contributed by atoms with Crippen LogP contribution in [0.4, 0.5) is 0 Å². The van der Waals surface area contributed by atoms with Crippen molar-refractivity contribution in [3.05, 3.63) is 35.6 Å². The molecule has 0 spiro atoms. The monoisotopic (exact) mass is 257 g/mol. The minimum Gasteiger partial charge on any atom is -0.461 e. The van der Waals surface area contributed by atoms with Gasteiger partial charge in [0.2, 0.25) is 0 Å². The van der Waals surface area contributed by atoms with E-state index in [4.69, 9.17) is 4.42 Å². The van der Waals surface area contributed by atoms with Crippen molar-refractivity contribution in [2.45, 2.75) is 45.1 Å². The molecule has 100 valence electrons. The van der Waals surface area contributed by atoms with E-state index in [0.717, 1.165) is 23.8 Å². The normalized spacial score (nSPS) is 16.7. The van der Waals surface area contributed by atoms with Crippen LogP contribution in [0.2, 0.25) is 0 Å².